The van der Waals surface area contributed by atoms with Crippen LogP contribution in [0.5, 0.6) is 0 Å². The van der Waals surface area contributed by atoms with Crippen LogP contribution < -0.4 is 4.90 Å². The molecule has 0 bridgehead atoms. The van der Waals surface area contributed by atoms with Crippen molar-refractivity contribution >= 4 is 33.2 Å². The number of carbonyl (C=O) groups is 1. The van der Waals surface area contributed by atoms with E-state index in [4.69, 9.17) is 4.37 Å². The van der Waals surface area contributed by atoms with Gasteiger partial charge in [-0.25, -0.2) is 0 Å². The minimum absolute atomic E-state index is 0.457. The van der Waals surface area contributed by atoms with E-state index in [2.05, 4.69) is 58.3 Å². The topological polar surface area (TPSA) is 36.4 Å². The number of benzene rings is 2. The molecule has 1 aliphatic heterocycles. The van der Waals surface area contributed by atoms with Crippen LogP contribution in [-0.4, -0.2) is 47.8 Å². The molecule has 4 nitrogen and oxygen atoms in total. The van der Waals surface area contributed by atoms with Crippen molar-refractivity contribution in [1.29, 1.82) is 0 Å². The van der Waals surface area contributed by atoms with Gasteiger partial charge in [0.2, 0.25) is 0 Å². The third kappa shape index (κ3) is 6.05. The molecule has 34 heavy (non-hydrogen) atoms. The highest BCUT2D eigenvalue weighted by Gasteiger charge is 2.25. The summed E-state index contributed by atoms with van der Waals surface area (Å²) in [6.07, 6.45) is 8.80. The molecule has 0 radical (unpaired) electrons. The lowest BCUT2D eigenvalue weighted by Crippen LogP contribution is -2.47. The van der Waals surface area contributed by atoms with Gasteiger partial charge in [-0.15, -0.1) is 0 Å². The van der Waals surface area contributed by atoms with Crippen molar-refractivity contribution in [2.24, 2.45) is 11.8 Å². The fourth-order valence-electron chi connectivity index (χ4n) is 5.73. The largest absolute Gasteiger partial charge is 0.353 e. The molecule has 1 aliphatic carbocycles. The predicted molar refractivity (Wildman–Crippen MR) is 143 cm³/mol. The van der Waals surface area contributed by atoms with Crippen LogP contribution in [-0.2, 0) is 11.2 Å². The van der Waals surface area contributed by atoms with Crippen LogP contribution in [0.3, 0.4) is 0 Å². The van der Waals surface area contributed by atoms with Gasteiger partial charge in [0.1, 0.15) is 11.6 Å². The molecule has 2 heterocycles. The van der Waals surface area contributed by atoms with E-state index in [1.807, 2.05) is 6.07 Å². The third-order valence-corrected chi connectivity index (χ3v) is 8.72. The predicted octanol–water partition coefficient (Wildman–Crippen LogP) is 6.21. The second-order valence-corrected chi connectivity index (χ2v) is 11.0. The molecule has 1 saturated heterocycles. The standard InChI is InChI=1S/C29H37N3OS/c33-26(15-14-23-6-2-1-3-7-23)22-25-12-10-24(11-13-25)16-17-31-18-20-32(21-19-31)29-27-8-4-5-9-28(27)34-30-29/h1-9,24-25H,10-22H2. The van der Waals surface area contributed by atoms with E-state index in [0.29, 0.717) is 18.1 Å². The molecule has 0 atom stereocenters. The van der Waals surface area contributed by atoms with Gasteiger partial charge in [0, 0.05) is 44.4 Å². The molecule has 180 valence electrons. The van der Waals surface area contributed by atoms with E-state index >= 15 is 0 Å². The number of anilines is 1. The number of nitrogens with zero attached hydrogens (tertiary/aromatic N) is 3. The summed E-state index contributed by atoms with van der Waals surface area (Å²) in [6, 6.07) is 19.0. The Morgan fingerprint density at radius 2 is 1.59 bits per heavy atom. The lowest BCUT2D eigenvalue weighted by molar-refractivity contribution is -0.120. The van der Waals surface area contributed by atoms with Crippen LogP contribution >= 0.6 is 11.5 Å². The monoisotopic (exact) mass is 475 g/mol. The average Bonchev–Trinajstić information content (AvgIpc) is 3.32. The molecule has 5 rings (SSSR count). The fraction of sp³-hybridized carbons (Fsp3) is 0.517. The molecule has 0 unspecified atom stereocenters. The highest BCUT2D eigenvalue weighted by molar-refractivity contribution is 7.13. The minimum Gasteiger partial charge on any atom is -0.353 e. The van der Waals surface area contributed by atoms with Crippen LogP contribution in [0.2, 0.25) is 0 Å². The summed E-state index contributed by atoms with van der Waals surface area (Å²) in [5.74, 6) is 3.10. The Balaban J connectivity index is 0.981. The van der Waals surface area contributed by atoms with E-state index in [1.54, 1.807) is 11.5 Å². The molecule has 1 saturated carbocycles. The Labute approximate surface area is 208 Å². The SMILES string of the molecule is O=C(CCc1ccccc1)CC1CCC(CCN2CCN(c3nsc4ccccc34)CC2)CC1. The molecule has 0 spiro atoms. The molecule has 0 N–H and O–H groups in total. The van der Waals surface area contributed by atoms with Crippen molar-refractivity contribution in [1.82, 2.24) is 9.27 Å². The van der Waals surface area contributed by atoms with Crippen molar-refractivity contribution in [2.45, 2.75) is 51.4 Å². The first-order valence-corrected chi connectivity index (χ1v) is 13.9. The first-order chi connectivity index (χ1) is 16.7. The smallest absolute Gasteiger partial charge is 0.150 e. The van der Waals surface area contributed by atoms with Gasteiger partial charge in [0.05, 0.1) is 4.70 Å². The second kappa shape index (κ2) is 11.5. The number of fused-ring (bicyclic) bond motifs is 1. The van der Waals surface area contributed by atoms with E-state index in [1.165, 1.54) is 60.1 Å². The van der Waals surface area contributed by atoms with Crippen molar-refractivity contribution < 1.29 is 4.79 Å². The number of hydrogen-bond acceptors (Lipinski definition) is 5. The van der Waals surface area contributed by atoms with E-state index < -0.39 is 0 Å². The number of carbonyl (C=O) groups excluding carboxylic acids is 1. The number of ketones is 1. The van der Waals surface area contributed by atoms with Crippen LogP contribution in [0, 0.1) is 11.8 Å². The Morgan fingerprint density at radius 1 is 0.882 bits per heavy atom. The van der Waals surface area contributed by atoms with Gasteiger partial charge in [-0.1, -0.05) is 55.3 Å². The highest BCUT2D eigenvalue weighted by atomic mass is 32.1. The average molecular weight is 476 g/mol. The van der Waals surface area contributed by atoms with E-state index in [0.717, 1.165) is 44.9 Å². The van der Waals surface area contributed by atoms with E-state index in [9.17, 15) is 4.79 Å². The summed E-state index contributed by atoms with van der Waals surface area (Å²) in [5.41, 5.74) is 1.28. The second-order valence-electron chi connectivity index (χ2n) is 10.2. The Hall–Kier alpha value is -2.24. The number of hydrogen-bond donors (Lipinski definition) is 0. The zero-order chi connectivity index (χ0) is 23.2. The number of Topliss-reactive ketones (excluding diaryl/α,β-unsaturated/α-hetero) is 1. The van der Waals surface area contributed by atoms with Gasteiger partial charge in [0.15, 0.2) is 0 Å². The summed E-state index contributed by atoms with van der Waals surface area (Å²) in [7, 11) is 0. The summed E-state index contributed by atoms with van der Waals surface area (Å²) in [4.78, 5) is 17.6. The molecular formula is C29H37N3OS. The molecule has 3 aromatic rings. The molecule has 5 heteroatoms. The molecule has 2 aromatic carbocycles. The lowest BCUT2D eigenvalue weighted by atomic mass is 9.78. The third-order valence-electron chi connectivity index (χ3n) is 7.90. The van der Waals surface area contributed by atoms with Crippen molar-refractivity contribution in [3.63, 3.8) is 0 Å². The Kier molecular flexibility index (Phi) is 7.92. The summed E-state index contributed by atoms with van der Waals surface area (Å²) < 4.78 is 6.03. The number of rotatable bonds is 9. The normalized spacial score (nSPS) is 21.7. The van der Waals surface area contributed by atoms with Gasteiger partial charge >= 0.3 is 0 Å². The van der Waals surface area contributed by atoms with Gasteiger partial charge in [-0.2, -0.15) is 4.37 Å². The summed E-state index contributed by atoms with van der Waals surface area (Å²) in [6.45, 7) is 5.64. The quantitative estimate of drug-likeness (QED) is 0.369. The van der Waals surface area contributed by atoms with Crippen LogP contribution in [0.25, 0.3) is 10.1 Å². The van der Waals surface area contributed by atoms with Gasteiger partial charge < -0.3 is 4.90 Å². The van der Waals surface area contributed by atoms with Crippen molar-refractivity contribution in [3.8, 4) is 0 Å². The summed E-state index contributed by atoms with van der Waals surface area (Å²) >= 11 is 1.62. The molecular weight excluding hydrogens is 438 g/mol. The number of aromatic nitrogens is 1. The highest BCUT2D eigenvalue weighted by Crippen LogP contribution is 2.34. The van der Waals surface area contributed by atoms with Gasteiger partial charge in [-0.3, -0.25) is 9.69 Å². The maximum Gasteiger partial charge on any atom is 0.150 e. The lowest BCUT2D eigenvalue weighted by Gasteiger charge is -2.36. The van der Waals surface area contributed by atoms with Crippen LogP contribution in [0.15, 0.2) is 54.6 Å². The van der Waals surface area contributed by atoms with Crippen molar-refractivity contribution in [2.75, 3.05) is 37.6 Å². The van der Waals surface area contributed by atoms with Gasteiger partial charge in [-0.05, 0) is 73.3 Å². The van der Waals surface area contributed by atoms with E-state index in [-0.39, 0.29) is 0 Å². The van der Waals surface area contributed by atoms with Crippen molar-refractivity contribution in [3.05, 3.63) is 60.2 Å². The zero-order valence-electron chi connectivity index (χ0n) is 20.2. The maximum atomic E-state index is 12.5. The maximum absolute atomic E-state index is 12.5. The molecule has 2 fully saturated rings. The number of aryl methyl sites for hydroxylation is 1. The van der Waals surface area contributed by atoms with Gasteiger partial charge in [0.25, 0.3) is 0 Å². The number of piperazine rings is 1. The Morgan fingerprint density at radius 3 is 2.38 bits per heavy atom. The first-order valence-electron chi connectivity index (χ1n) is 13.1. The molecule has 1 aromatic heterocycles. The van der Waals surface area contributed by atoms with Crippen LogP contribution in [0.1, 0.15) is 50.5 Å². The summed E-state index contributed by atoms with van der Waals surface area (Å²) in [5, 5.41) is 1.30. The minimum atomic E-state index is 0.457. The van der Waals surface area contributed by atoms with Crippen LogP contribution in [0.4, 0.5) is 5.82 Å². The molecule has 0 amide bonds. The first kappa shape index (κ1) is 23.5. The molecule has 2 aliphatic rings. The Bertz CT molecular complexity index is 1050. The fourth-order valence-corrected chi connectivity index (χ4v) is 6.52. The zero-order valence-corrected chi connectivity index (χ0v) is 21.0.